The average Bonchev–Trinajstić information content (AvgIpc) is 2.36. The zero-order valence-electron chi connectivity index (χ0n) is 11.0. The van der Waals surface area contributed by atoms with Crippen LogP contribution < -0.4 is 4.90 Å². The van der Waals surface area contributed by atoms with E-state index in [-0.39, 0.29) is 11.2 Å². The second-order valence-corrected chi connectivity index (χ2v) is 6.16. The van der Waals surface area contributed by atoms with E-state index < -0.39 is 6.09 Å². The fourth-order valence-electron chi connectivity index (χ4n) is 3.17. The van der Waals surface area contributed by atoms with E-state index in [2.05, 4.69) is 0 Å². The number of hydrogen-bond donors (Lipinski definition) is 1. The highest BCUT2D eigenvalue weighted by Gasteiger charge is 2.46. The number of piperidine rings is 1. The Morgan fingerprint density at radius 1 is 1.30 bits per heavy atom. The Hall–Kier alpha value is -1.49. The summed E-state index contributed by atoms with van der Waals surface area (Å²) in [7, 11) is 0. The molecule has 20 heavy (non-hydrogen) atoms. The molecular weight excluding hydrogens is 283 g/mol. The van der Waals surface area contributed by atoms with Crippen LogP contribution in [0.5, 0.6) is 0 Å². The quantitative estimate of drug-likeness (QED) is 0.866. The molecule has 0 bridgehead atoms. The Morgan fingerprint density at radius 3 is 2.50 bits per heavy atom. The number of amides is 1. The van der Waals surface area contributed by atoms with Gasteiger partial charge in [-0.3, -0.25) is 0 Å². The van der Waals surface area contributed by atoms with E-state index in [9.17, 15) is 9.18 Å². The second-order valence-electron chi connectivity index (χ2n) is 5.72. The van der Waals surface area contributed by atoms with Crippen LogP contribution in [-0.2, 0) is 0 Å². The molecule has 4 nitrogen and oxygen atoms in total. The van der Waals surface area contributed by atoms with Crippen LogP contribution in [0.1, 0.15) is 12.8 Å². The largest absolute Gasteiger partial charge is 0.465 e. The molecule has 0 radical (unpaired) electrons. The maximum absolute atomic E-state index is 13.9. The molecule has 0 atom stereocenters. The van der Waals surface area contributed by atoms with E-state index in [1.54, 1.807) is 12.1 Å². The Balaban J connectivity index is 1.63. The lowest BCUT2D eigenvalue weighted by molar-refractivity contribution is -0.00641. The number of hydrogen-bond acceptors (Lipinski definition) is 2. The zero-order valence-corrected chi connectivity index (χ0v) is 11.7. The van der Waals surface area contributed by atoms with Crippen molar-refractivity contribution in [2.45, 2.75) is 12.8 Å². The molecule has 0 aliphatic carbocycles. The third-order valence-corrected chi connectivity index (χ3v) is 4.63. The number of carbonyl (C=O) groups is 1. The van der Waals surface area contributed by atoms with E-state index in [4.69, 9.17) is 16.7 Å². The number of halogens is 2. The first-order valence-corrected chi connectivity index (χ1v) is 7.05. The summed E-state index contributed by atoms with van der Waals surface area (Å²) in [4.78, 5) is 14.3. The summed E-state index contributed by atoms with van der Waals surface area (Å²) in [5, 5.41) is 9.29. The normalized spacial score (nSPS) is 20.9. The Kier molecular flexibility index (Phi) is 3.24. The smallest absolute Gasteiger partial charge is 0.407 e. The fourth-order valence-corrected chi connectivity index (χ4v) is 3.33. The highest BCUT2D eigenvalue weighted by Crippen LogP contribution is 2.41. The van der Waals surface area contributed by atoms with Crippen LogP contribution in [0.2, 0.25) is 5.02 Å². The van der Waals surface area contributed by atoms with Gasteiger partial charge in [0.25, 0.3) is 0 Å². The van der Waals surface area contributed by atoms with E-state index in [1.165, 1.54) is 11.0 Å². The summed E-state index contributed by atoms with van der Waals surface area (Å²) >= 11 is 5.76. The highest BCUT2D eigenvalue weighted by atomic mass is 35.5. The van der Waals surface area contributed by atoms with Gasteiger partial charge in [0, 0.05) is 36.6 Å². The van der Waals surface area contributed by atoms with Gasteiger partial charge in [0.05, 0.1) is 5.69 Å². The minimum Gasteiger partial charge on any atom is -0.465 e. The van der Waals surface area contributed by atoms with Crippen molar-refractivity contribution in [3.63, 3.8) is 0 Å². The van der Waals surface area contributed by atoms with Crippen molar-refractivity contribution in [3.8, 4) is 0 Å². The van der Waals surface area contributed by atoms with Gasteiger partial charge in [0.2, 0.25) is 0 Å². The summed E-state index contributed by atoms with van der Waals surface area (Å²) in [6, 6.07) is 4.73. The van der Waals surface area contributed by atoms with Crippen molar-refractivity contribution in [3.05, 3.63) is 29.0 Å². The molecule has 0 unspecified atom stereocenters. The molecule has 0 saturated carbocycles. The molecule has 2 fully saturated rings. The predicted molar refractivity (Wildman–Crippen MR) is 74.9 cm³/mol. The first-order chi connectivity index (χ1) is 9.49. The number of carboxylic acid groups (broad SMARTS) is 1. The molecular formula is C14H16ClFN2O2. The lowest BCUT2D eigenvalue weighted by Crippen LogP contribution is -2.61. The van der Waals surface area contributed by atoms with Gasteiger partial charge < -0.3 is 14.9 Å². The Morgan fingerprint density at radius 2 is 1.95 bits per heavy atom. The standard InChI is InChI=1S/C14H16ClFN2O2/c15-10-1-2-12(11(16)7-10)17-5-3-14(4-6-17)8-18(9-14)13(19)20/h1-2,7H,3-6,8-9H2,(H,19,20). The maximum atomic E-state index is 13.9. The van der Waals surface area contributed by atoms with Crippen molar-refractivity contribution in [2.24, 2.45) is 5.41 Å². The molecule has 1 N–H and O–H groups in total. The van der Waals surface area contributed by atoms with Gasteiger partial charge in [-0.05, 0) is 31.0 Å². The summed E-state index contributed by atoms with van der Waals surface area (Å²) < 4.78 is 13.9. The lowest BCUT2D eigenvalue weighted by Gasteiger charge is -2.53. The highest BCUT2D eigenvalue weighted by molar-refractivity contribution is 6.30. The minimum absolute atomic E-state index is 0.109. The molecule has 1 aromatic rings. The van der Waals surface area contributed by atoms with Crippen LogP contribution in [-0.4, -0.2) is 42.3 Å². The summed E-state index contributed by atoms with van der Waals surface area (Å²) in [6.07, 6.45) is 0.958. The molecule has 108 valence electrons. The molecule has 6 heteroatoms. The van der Waals surface area contributed by atoms with E-state index in [0.717, 1.165) is 25.9 Å². The van der Waals surface area contributed by atoms with Gasteiger partial charge in [0.1, 0.15) is 5.82 Å². The van der Waals surface area contributed by atoms with E-state index >= 15 is 0 Å². The summed E-state index contributed by atoms with van der Waals surface area (Å²) in [5.41, 5.74) is 0.691. The van der Waals surface area contributed by atoms with Crippen LogP contribution in [0.4, 0.5) is 14.9 Å². The third-order valence-electron chi connectivity index (χ3n) is 4.40. The maximum Gasteiger partial charge on any atom is 0.407 e. The zero-order chi connectivity index (χ0) is 14.3. The number of anilines is 1. The first-order valence-electron chi connectivity index (χ1n) is 6.67. The number of nitrogens with zero attached hydrogens (tertiary/aromatic N) is 2. The van der Waals surface area contributed by atoms with Gasteiger partial charge in [-0.15, -0.1) is 0 Å². The van der Waals surface area contributed by atoms with Crippen molar-refractivity contribution < 1.29 is 14.3 Å². The van der Waals surface area contributed by atoms with Crippen molar-refractivity contribution in [2.75, 3.05) is 31.1 Å². The van der Waals surface area contributed by atoms with E-state index in [0.29, 0.717) is 23.8 Å². The van der Waals surface area contributed by atoms with Crippen molar-refractivity contribution in [1.29, 1.82) is 0 Å². The molecule has 2 aliphatic heterocycles. The molecule has 2 aliphatic rings. The monoisotopic (exact) mass is 298 g/mol. The van der Waals surface area contributed by atoms with Gasteiger partial charge in [-0.2, -0.15) is 0 Å². The second kappa shape index (κ2) is 4.81. The number of rotatable bonds is 1. The number of likely N-dealkylation sites (tertiary alicyclic amines) is 1. The Labute approximate surface area is 121 Å². The van der Waals surface area contributed by atoms with Crippen molar-refractivity contribution in [1.82, 2.24) is 4.90 Å². The first kappa shape index (κ1) is 13.5. The predicted octanol–water partition coefficient (Wildman–Crippen LogP) is 3.06. The minimum atomic E-state index is -0.846. The number of benzene rings is 1. The SMILES string of the molecule is O=C(O)N1CC2(CCN(c3ccc(Cl)cc3F)CC2)C1. The third kappa shape index (κ3) is 2.30. The molecule has 2 saturated heterocycles. The van der Waals surface area contributed by atoms with Gasteiger partial charge in [0.15, 0.2) is 0 Å². The lowest BCUT2D eigenvalue weighted by atomic mass is 9.72. The summed E-state index contributed by atoms with van der Waals surface area (Å²) in [5.74, 6) is -0.297. The molecule has 1 spiro atoms. The fraction of sp³-hybridized carbons (Fsp3) is 0.500. The molecule has 2 heterocycles. The van der Waals surface area contributed by atoms with Gasteiger partial charge in [-0.1, -0.05) is 11.6 Å². The molecule has 1 amide bonds. The van der Waals surface area contributed by atoms with Crippen LogP contribution in [0, 0.1) is 11.2 Å². The van der Waals surface area contributed by atoms with Crippen LogP contribution in [0.25, 0.3) is 0 Å². The molecule has 3 rings (SSSR count). The Bertz CT molecular complexity index is 536. The van der Waals surface area contributed by atoms with Gasteiger partial charge >= 0.3 is 6.09 Å². The van der Waals surface area contributed by atoms with Gasteiger partial charge in [-0.25, -0.2) is 9.18 Å². The summed E-state index contributed by atoms with van der Waals surface area (Å²) in [6.45, 7) is 2.73. The molecule has 1 aromatic carbocycles. The van der Waals surface area contributed by atoms with Crippen LogP contribution in [0.15, 0.2) is 18.2 Å². The van der Waals surface area contributed by atoms with Crippen LogP contribution in [0.3, 0.4) is 0 Å². The van der Waals surface area contributed by atoms with Crippen LogP contribution >= 0.6 is 11.6 Å². The van der Waals surface area contributed by atoms with Crippen molar-refractivity contribution >= 4 is 23.4 Å². The average molecular weight is 299 g/mol. The van der Waals surface area contributed by atoms with E-state index in [1.807, 2.05) is 4.90 Å². The molecule has 0 aromatic heterocycles. The topological polar surface area (TPSA) is 43.8 Å².